The van der Waals surface area contributed by atoms with E-state index in [0.717, 1.165) is 8.58 Å². The molecule has 0 spiro atoms. The monoisotopic (exact) mass is 350 g/mol. The highest BCUT2D eigenvalue weighted by molar-refractivity contribution is 7.73. The van der Waals surface area contributed by atoms with E-state index in [4.69, 9.17) is 0 Å². The molecule has 1 atom stereocenters. The van der Waals surface area contributed by atoms with Crippen LogP contribution in [0.15, 0.2) is 91.0 Å². The summed E-state index contributed by atoms with van der Waals surface area (Å²) in [7, 11) is 0.729. The van der Waals surface area contributed by atoms with E-state index >= 15 is 0 Å². The average molecular weight is 350 g/mol. The van der Waals surface area contributed by atoms with Crippen molar-refractivity contribution >= 4 is 32.4 Å². The maximum atomic E-state index is 2.30. The summed E-state index contributed by atoms with van der Waals surface area (Å²) in [5.74, 6) is 0. The Kier molecular flexibility index (Phi) is 7.03. The maximum absolute atomic E-state index is 2.30. The van der Waals surface area contributed by atoms with Gasteiger partial charge in [-0.2, -0.15) is 0 Å². The Balaban J connectivity index is 1.55. The molecule has 0 nitrogen and oxygen atoms in total. The standard InChI is InChI=1S/C22H24P2/c1-4-12-20(13-5-1)23-18-10-11-19-24(21-14-6-2-7-15-21)22-16-8-3-9-17-22/h1-9,12-17,23H,10-11,18-19H2. The van der Waals surface area contributed by atoms with Crippen LogP contribution < -0.4 is 15.9 Å². The summed E-state index contributed by atoms with van der Waals surface area (Å²) in [5.41, 5.74) is 0. The van der Waals surface area contributed by atoms with E-state index in [0.29, 0.717) is 0 Å². The molecular weight excluding hydrogens is 326 g/mol. The third-order valence-electron chi connectivity index (χ3n) is 4.05. The fourth-order valence-electron chi connectivity index (χ4n) is 2.81. The third-order valence-corrected chi connectivity index (χ3v) is 8.00. The van der Waals surface area contributed by atoms with Crippen LogP contribution in [0.5, 0.6) is 0 Å². The van der Waals surface area contributed by atoms with Crippen molar-refractivity contribution in [1.29, 1.82) is 0 Å². The zero-order valence-electron chi connectivity index (χ0n) is 13.9. The van der Waals surface area contributed by atoms with E-state index in [1.807, 2.05) is 0 Å². The van der Waals surface area contributed by atoms with Crippen molar-refractivity contribution in [3.05, 3.63) is 91.0 Å². The highest BCUT2D eigenvalue weighted by Crippen LogP contribution is 2.34. The first-order valence-electron chi connectivity index (χ1n) is 8.60. The number of benzene rings is 3. The molecule has 0 saturated carbocycles. The summed E-state index contributed by atoms with van der Waals surface area (Å²) >= 11 is 0. The second-order valence-electron chi connectivity index (χ2n) is 5.82. The first kappa shape index (κ1) is 17.3. The second-order valence-corrected chi connectivity index (χ2v) is 9.59. The van der Waals surface area contributed by atoms with Gasteiger partial charge in [0.25, 0.3) is 0 Å². The first-order chi connectivity index (χ1) is 11.9. The van der Waals surface area contributed by atoms with E-state index in [2.05, 4.69) is 91.0 Å². The molecular formula is C22H24P2. The van der Waals surface area contributed by atoms with Crippen molar-refractivity contribution in [1.82, 2.24) is 0 Å². The lowest BCUT2D eigenvalue weighted by Crippen LogP contribution is -2.13. The van der Waals surface area contributed by atoms with Crippen molar-refractivity contribution in [2.45, 2.75) is 12.8 Å². The van der Waals surface area contributed by atoms with Gasteiger partial charge in [-0.25, -0.2) is 0 Å². The van der Waals surface area contributed by atoms with Gasteiger partial charge in [-0.3, -0.25) is 0 Å². The van der Waals surface area contributed by atoms with Crippen LogP contribution in [0.25, 0.3) is 0 Å². The zero-order valence-corrected chi connectivity index (χ0v) is 15.8. The Morgan fingerprint density at radius 3 is 1.62 bits per heavy atom. The Bertz CT molecular complexity index is 656. The predicted molar refractivity (Wildman–Crippen MR) is 112 cm³/mol. The molecule has 3 aromatic carbocycles. The lowest BCUT2D eigenvalue weighted by Gasteiger charge is -2.18. The minimum atomic E-state index is -0.219. The minimum absolute atomic E-state index is 0.219. The smallest absolute Gasteiger partial charge is 0.0195 e. The summed E-state index contributed by atoms with van der Waals surface area (Å²) in [5, 5.41) is 4.50. The largest absolute Gasteiger partial charge is 0.0904 e. The average Bonchev–Trinajstić information content (AvgIpc) is 2.67. The van der Waals surface area contributed by atoms with Gasteiger partial charge in [-0.05, 0) is 49.0 Å². The summed E-state index contributed by atoms with van der Waals surface area (Å²) in [6.07, 6.45) is 5.25. The van der Waals surface area contributed by atoms with Crippen LogP contribution in [-0.2, 0) is 0 Å². The molecule has 0 N–H and O–H groups in total. The molecule has 0 saturated heterocycles. The van der Waals surface area contributed by atoms with Crippen LogP contribution in [0.2, 0.25) is 0 Å². The minimum Gasteiger partial charge on any atom is -0.0904 e. The van der Waals surface area contributed by atoms with Gasteiger partial charge < -0.3 is 0 Å². The predicted octanol–water partition coefficient (Wildman–Crippen LogP) is 4.90. The first-order valence-corrected chi connectivity index (χ1v) is 11.3. The van der Waals surface area contributed by atoms with E-state index in [9.17, 15) is 0 Å². The van der Waals surface area contributed by atoms with Crippen LogP contribution >= 0.6 is 16.5 Å². The molecule has 3 rings (SSSR count). The summed E-state index contributed by atoms with van der Waals surface area (Å²) < 4.78 is 0. The van der Waals surface area contributed by atoms with Gasteiger partial charge in [-0.1, -0.05) is 99.6 Å². The molecule has 0 aliphatic carbocycles. The van der Waals surface area contributed by atoms with E-state index in [1.54, 1.807) is 0 Å². The van der Waals surface area contributed by atoms with Gasteiger partial charge in [0.05, 0.1) is 0 Å². The summed E-state index contributed by atoms with van der Waals surface area (Å²) in [4.78, 5) is 0. The quantitative estimate of drug-likeness (QED) is 0.400. The fourth-order valence-corrected chi connectivity index (χ4v) is 6.37. The molecule has 0 amide bonds. The second kappa shape index (κ2) is 9.73. The van der Waals surface area contributed by atoms with Crippen LogP contribution in [0, 0.1) is 0 Å². The molecule has 0 aliphatic heterocycles. The molecule has 2 heteroatoms. The van der Waals surface area contributed by atoms with Crippen LogP contribution in [0.4, 0.5) is 0 Å². The molecule has 122 valence electrons. The molecule has 0 aliphatic rings. The van der Waals surface area contributed by atoms with Gasteiger partial charge in [0.15, 0.2) is 0 Å². The number of unbranched alkanes of at least 4 members (excludes halogenated alkanes) is 1. The van der Waals surface area contributed by atoms with Crippen molar-refractivity contribution in [2.75, 3.05) is 12.3 Å². The van der Waals surface area contributed by atoms with Crippen LogP contribution in [0.3, 0.4) is 0 Å². The molecule has 0 fully saturated rings. The SMILES string of the molecule is c1ccc(PCCCCP(c2ccccc2)c2ccccc2)cc1. The number of hydrogen-bond donors (Lipinski definition) is 0. The maximum Gasteiger partial charge on any atom is -0.0195 e. The van der Waals surface area contributed by atoms with Crippen molar-refractivity contribution in [2.24, 2.45) is 0 Å². The normalized spacial score (nSPS) is 11.4. The molecule has 0 radical (unpaired) electrons. The van der Waals surface area contributed by atoms with Gasteiger partial charge >= 0.3 is 0 Å². The van der Waals surface area contributed by atoms with E-state index in [-0.39, 0.29) is 7.92 Å². The number of rotatable bonds is 8. The molecule has 3 aromatic rings. The highest BCUT2D eigenvalue weighted by Gasteiger charge is 2.12. The summed E-state index contributed by atoms with van der Waals surface area (Å²) in [6.45, 7) is 0. The Labute approximate surface area is 148 Å². The van der Waals surface area contributed by atoms with Crippen molar-refractivity contribution in [3.63, 3.8) is 0 Å². The third kappa shape index (κ3) is 5.27. The van der Waals surface area contributed by atoms with Crippen LogP contribution in [0.1, 0.15) is 12.8 Å². The lowest BCUT2D eigenvalue weighted by atomic mass is 10.4. The van der Waals surface area contributed by atoms with Gasteiger partial charge in [0.1, 0.15) is 0 Å². The highest BCUT2D eigenvalue weighted by atomic mass is 31.1. The summed E-state index contributed by atoms with van der Waals surface area (Å²) in [6, 6.07) is 33.0. The van der Waals surface area contributed by atoms with Gasteiger partial charge in [0, 0.05) is 0 Å². The fraction of sp³-hybridized carbons (Fsp3) is 0.182. The lowest BCUT2D eigenvalue weighted by molar-refractivity contribution is 0.903. The molecule has 0 aromatic heterocycles. The van der Waals surface area contributed by atoms with Gasteiger partial charge in [-0.15, -0.1) is 0 Å². The number of hydrogen-bond acceptors (Lipinski definition) is 0. The molecule has 24 heavy (non-hydrogen) atoms. The Hall–Kier alpha value is -1.48. The Morgan fingerprint density at radius 2 is 1.08 bits per heavy atom. The molecule has 1 unspecified atom stereocenters. The molecule has 0 bridgehead atoms. The molecule has 0 heterocycles. The van der Waals surface area contributed by atoms with Crippen molar-refractivity contribution in [3.8, 4) is 0 Å². The van der Waals surface area contributed by atoms with Crippen molar-refractivity contribution < 1.29 is 0 Å². The van der Waals surface area contributed by atoms with Crippen LogP contribution in [-0.4, -0.2) is 12.3 Å². The topological polar surface area (TPSA) is 0 Å². The van der Waals surface area contributed by atoms with E-state index in [1.165, 1.54) is 41.1 Å². The van der Waals surface area contributed by atoms with Gasteiger partial charge in [0.2, 0.25) is 0 Å². The zero-order chi connectivity index (χ0) is 16.5. The Morgan fingerprint density at radius 1 is 0.583 bits per heavy atom. The van der Waals surface area contributed by atoms with E-state index < -0.39 is 0 Å².